The maximum atomic E-state index is 13.4. The molecule has 0 saturated carbocycles. The molecule has 1 aromatic heterocycles. The minimum atomic E-state index is -1.12. The van der Waals surface area contributed by atoms with E-state index in [9.17, 15) is 18.4 Å². The minimum absolute atomic E-state index is 0.0205. The van der Waals surface area contributed by atoms with Crippen molar-refractivity contribution in [3.05, 3.63) is 39.6 Å². The second-order valence-corrected chi connectivity index (χ2v) is 5.91. The average molecular weight is 311 g/mol. The van der Waals surface area contributed by atoms with Gasteiger partial charge in [-0.25, -0.2) is 13.6 Å². The Morgan fingerprint density at radius 2 is 2.05 bits per heavy atom. The quantitative estimate of drug-likeness (QED) is 0.800. The summed E-state index contributed by atoms with van der Waals surface area (Å²) in [4.78, 5) is 24.4. The van der Waals surface area contributed by atoms with Gasteiger partial charge in [0, 0.05) is 11.5 Å². The van der Waals surface area contributed by atoms with Gasteiger partial charge in [0.1, 0.15) is 5.56 Å². The molecule has 3 rings (SSSR count). The largest absolute Gasteiger partial charge is 0.462 e. The Morgan fingerprint density at radius 3 is 2.67 bits per heavy atom. The van der Waals surface area contributed by atoms with Gasteiger partial charge in [-0.1, -0.05) is 11.8 Å². The zero-order valence-corrected chi connectivity index (χ0v) is 12.1. The van der Waals surface area contributed by atoms with Crippen LogP contribution in [0, 0.1) is 11.6 Å². The fourth-order valence-corrected chi connectivity index (χ4v) is 3.55. The van der Waals surface area contributed by atoms with Crippen LogP contribution in [0.4, 0.5) is 8.78 Å². The van der Waals surface area contributed by atoms with E-state index in [1.165, 1.54) is 11.8 Å². The zero-order valence-electron chi connectivity index (χ0n) is 11.3. The number of carbonyl (C=O) groups is 1. The molecule has 2 aromatic rings. The van der Waals surface area contributed by atoms with Crippen molar-refractivity contribution < 1.29 is 18.3 Å². The van der Waals surface area contributed by atoms with E-state index >= 15 is 0 Å². The summed E-state index contributed by atoms with van der Waals surface area (Å²) < 4.78 is 33.4. The van der Waals surface area contributed by atoms with Crippen LogP contribution in [0.3, 0.4) is 0 Å². The zero-order chi connectivity index (χ0) is 15.3. The van der Waals surface area contributed by atoms with Crippen molar-refractivity contribution in [2.75, 3.05) is 6.61 Å². The van der Waals surface area contributed by atoms with Gasteiger partial charge in [-0.05, 0) is 19.9 Å². The fraction of sp³-hybridized carbons (Fsp3) is 0.286. The molecule has 1 aromatic carbocycles. The maximum Gasteiger partial charge on any atom is 0.344 e. The Balaban J connectivity index is 2.39. The Kier molecular flexibility index (Phi) is 3.24. The molecule has 0 amide bonds. The van der Waals surface area contributed by atoms with Crippen LogP contribution in [0.15, 0.2) is 22.0 Å². The predicted molar refractivity (Wildman–Crippen MR) is 74.6 cm³/mol. The average Bonchev–Trinajstić information content (AvgIpc) is 2.41. The standard InChI is InChI=1S/C14H11F2NO3S/c1-3-20-14(19)11-12(18)7-4-8(15)9(16)5-10(7)17-6(2)21-13(11)17/h4-6H,3H2,1-2H3. The summed E-state index contributed by atoms with van der Waals surface area (Å²) in [5.41, 5.74) is -0.459. The molecule has 1 atom stereocenters. The number of ether oxygens (including phenoxy) is 1. The van der Waals surface area contributed by atoms with Gasteiger partial charge in [-0.15, -0.1) is 0 Å². The number of benzene rings is 1. The molecule has 0 bridgehead atoms. The first-order valence-corrected chi connectivity index (χ1v) is 7.24. The predicted octanol–water partition coefficient (Wildman–Crippen LogP) is 3.08. The van der Waals surface area contributed by atoms with Crippen LogP contribution >= 0.6 is 11.8 Å². The molecule has 0 saturated heterocycles. The topological polar surface area (TPSA) is 48.3 Å². The highest BCUT2D eigenvalue weighted by Gasteiger charge is 2.33. The van der Waals surface area contributed by atoms with Gasteiger partial charge in [0.2, 0.25) is 5.43 Å². The second-order valence-electron chi connectivity index (χ2n) is 4.60. The molecule has 4 nitrogen and oxygen atoms in total. The van der Waals surface area contributed by atoms with Crippen LogP contribution in [0.1, 0.15) is 29.6 Å². The Morgan fingerprint density at radius 1 is 1.38 bits per heavy atom. The van der Waals surface area contributed by atoms with E-state index in [-0.39, 0.29) is 28.4 Å². The third-order valence-corrected chi connectivity index (χ3v) is 4.50. The number of aromatic nitrogens is 1. The first-order valence-electron chi connectivity index (χ1n) is 6.36. The highest BCUT2D eigenvalue weighted by atomic mass is 32.2. The van der Waals surface area contributed by atoms with Crippen LogP contribution in [0.25, 0.3) is 10.9 Å². The molecule has 110 valence electrons. The van der Waals surface area contributed by atoms with Crippen molar-refractivity contribution >= 4 is 28.6 Å². The molecule has 0 N–H and O–H groups in total. The lowest BCUT2D eigenvalue weighted by molar-refractivity contribution is 0.0518. The SMILES string of the molecule is CCOC(=O)c1c2n(c3cc(F)c(F)cc3c1=O)C(C)S2. The number of thioether (sulfide) groups is 1. The van der Waals surface area contributed by atoms with E-state index in [2.05, 4.69) is 0 Å². The summed E-state index contributed by atoms with van der Waals surface area (Å²) in [5, 5.41) is 0.346. The van der Waals surface area contributed by atoms with E-state index in [1.807, 2.05) is 6.92 Å². The molecule has 2 heterocycles. The molecular weight excluding hydrogens is 300 g/mol. The first-order chi connectivity index (χ1) is 9.95. The lowest BCUT2D eigenvalue weighted by atomic mass is 10.1. The van der Waals surface area contributed by atoms with Crippen molar-refractivity contribution in [3.8, 4) is 0 Å². The van der Waals surface area contributed by atoms with Gasteiger partial charge in [-0.3, -0.25) is 4.79 Å². The number of esters is 1. The smallest absolute Gasteiger partial charge is 0.344 e. The van der Waals surface area contributed by atoms with Crippen molar-refractivity contribution in [1.82, 2.24) is 4.57 Å². The number of halogens is 2. The molecule has 0 aliphatic carbocycles. The van der Waals surface area contributed by atoms with E-state index < -0.39 is 23.0 Å². The Labute approximate surface area is 122 Å². The second kappa shape index (κ2) is 4.84. The number of hydrogen-bond acceptors (Lipinski definition) is 4. The number of rotatable bonds is 2. The summed E-state index contributed by atoms with van der Waals surface area (Å²) in [7, 11) is 0. The van der Waals surface area contributed by atoms with Gasteiger partial charge >= 0.3 is 5.97 Å². The van der Waals surface area contributed by atoms with Gasteiger partial charge in [0.15, 0.2) is 11.6 Å². The number of pyridine rings is 1. The van der Waals surface area contributed by atoms with Gasteiger partial charge < -0.3 is 9.30 Å². The van der Waals surface area contributed by atoms with Crippen LogP contribution in [0.2, 0.25) is 0 Å². The number of fused-ring (bicyclic) bond motifs is 3. The number of hydrogen-bond donors (Lipinski definition) is 0. The lowest BCUT2D eigenvalue weighted by Gasteiger charge is -2.32. The normalized spacial score (nSPS) is 16.5. The summed E-state index contributed by atoms with van der Waals surface area (Å²) in [6.07, 6.45) is 0. The molecule has 1 unspecified atom stereocenters. The maximum absolute atomic E-state index is 13.4. The molecule has 21 heavy (non-hydrogen) atoms. The summed E-state index contributed by atoms with van der Waals surface area (Å²) in [5.74, 6) is -2.88. The number of carbonyl (C=O) groups excluding carboxylic acids is 1. The summed E-state index contributed by atoms with van der Waals surface area (Å²) in [6, 6.07) is 1.82. The summed E-state index contributed by atoms with van der Waals surface area (Å²) >= 11 is 1.32. The van der Waals surface area contributed by atoms with Crippen LogP contribution < -0.4 is 5.43 Å². The van der Waals surface area contributed by atoms with Gasteiger partial charge in [-0.2, -0.15) is 0 Å². The van der Waals surface area contributed by atoms with Gasteiger partial charge in [0.05, 0.1) is 22.5 Å². The molecule has 0 radical (unpaired) electrons. The van der Waals surface area contributed by atoms with E-state index in [0.717, 1.165) is 12.1 Å². The molecule has 0 fully saturated rings. The molecule has 7 heteroatoms. The number of nitrogens with zero attached hydrogens (tertiary/aromatic N) is 1. The van der Waals surface area contributed by atoms with Crippen molar-refractivity contribution in [2.45, 2.75) is 24.2 Å². The highest BCUT2D eigenvalue weighted by molar-refractivity contribution is 8.00. The third kappa shape index (κ3) is 1.95. The molecular formula is C14H11F2NO3S. The van der Waals surface area contributed by atoms with Crippen LogP contribution in [-0.4, -0.2) is 17.1 Å². The van der Waals surface area contributed by atoms with E-state index in [0.29, 0.717) is 5.03 Å². The van der Waals surface area contributed by atoms with Crippen molar-refractivity contribution in [1.29, 1.82) is 0 Å². The van der Waals surface area contributed by atoms with E-state index in [1.54, 1.807) is 11.5 Å². The van der Waals surface area contributed by atoms with Crippen LogP contribution in [-0.2, 0) is 4.74 Å². The monoisotopic (exact) mass is 311 g/mol. The third-order valence-electron chi connectivity index (χ3n) is 3.33. The first kappa shape index (κ1) is 14.1. The van der Waals surface area contributed by atoms with E-state index in [4.69, 9.17) is 4.74 Å². The Hall–Kier alpha value is -1.89. The lowest BCUT2D eigenvalue weighted by Crippen LogP contribution is -2.29. The fourth-order valence-electron chi connectivity index (χ4n) is 2.40. The molecule has 1 aliphatic rings. The minimum Gasteiger partial charge on any atom is -0.462 e. The van der Waals surface area contributed by atoms with Crippen LogP contribution in [0.5, 0.6) is 0 Å². The van der Waals surface area contributed by atoms with Crippen molar-refractivity contribution in [3.63, 3.8) is 0 Å². The Bertz CT molecular complexity index is 831. The molecule has 1 aliphatic heterocycles. The highest BCUT2D eigenvalue weighted by Crippen LogP contribution is 2.46. The van der Waals surface area contributed by atoms with Gasteiger partial charge in [0.25, 0.3) is 0 Å². The molecule has 0 spiro atoms. The summed E-state index contributed by atoms with van der Waals surface area (Å²) in [6.45, 7) is 3.61. The van der Waals surface area contributed by atoms with Crippen molar-refractivity contribution in [2.24, 2.45) is 0 Å².